The van der Waals surface area contributed by atoms with Gasteiger partial charge in [0.2, 0.25) is 7.41 Å². The molecular weight excluding hydrogens is 267 g/mol. The summed E-state index contributed by atoms with van der Waals surface area (Å²) in [5.74, 6) is 0.524. The summed E-state index contributed by atoms with van der Waals surface area (Å²) in [6, 6.07) is 2.30. The van der Waals surface area contributed by atoms with Crippen LogP contribution in [0, 0.1) is 22.7 Å². The van der Waals surface area contributed by atoms with Crippen molar-refractivity contribution in [3.63, 3.8) is 0 Å². The molecule has 0 radical (unpaired) electrons. The lowest BCUT2D eigenvalue weighted by molar-refractivity contribution is 0.164. The molecule has 0 amide bonds. The van der Waals surface area contributed by atoms with Crippen LogP contribution in [0.25, 0.3) is 0 Å². The SMILES string of the molecule is CCC(/C=C(\C)C#N)C1(C)CCCCCC(C)(BN)CCC1. The summed E-state index contributed by atoms with van der Waals surface area (Å²) in [6.07, 6.45) is 13.7. The first-order valence-electron chi connectivity index (χ1n) is 9.18. The first-order valence-corrected chi connectivity index (χ1v) is 9.18. The molecule has 3 unspecified atom stereocenters. The normalized spacial score (nSPS) is 32.8. The second-order valence-corrected chi connectivity index (χ2v) is 8.06. The average molecular weight is 302 g/mol. The average Bonchev–Trinajstić information content (AvgIpc) is 2.51. The molecule has 0 bridgehead atoms. The largest absolute Gasteiger partial charge is 0.372 e. The van der Waals surface area contributed by atoms with E-state index in [1.807, 2.05) is 6.92 Å². The summed E-state index contributed by atoms with van der Waals surface area (Å²) in [7, 11) is 0.814. The van der Waals surface area contributed by atoms with Crippen LogP contribution in [-0.4, -0.2) is 7.41 Å². The topological polar surface area (TPSA) is 49.8 Å². The summed E-state index contributed by atoms with van der Waals surface area (Å²) < 4.78 is 0. The van der Waals surface area contributed by atoms with Crippen molar-refractivity contribution in [2.45, 2.75) is 90.8 Å². The van der Waals surface area contributed by atoms with Gasteiger partial charge in [-0.2, -0.15) is 5.26 Å². The van der Waals surface area contributed by atoms with Crippen LogP contribution in [0.2, 0.25) is 5.31 Å². The molecule has 1 fully saturated rings. The molecule has 2 nitrogen and oxygen atoms in total. The lowest BCUT2D eigenvalue weighted by Gasteiger charge is -2.39. The van der Waals surface area contributed by atoms with Gasteiger partial charge in [0, 0.05) is 5.57 Å². The Morgan fingerprint density at radius 3 is 2.36 bits per heavy atom. The minimum absolute atomic E-state index is 0.332. The van der Waals surface area contributed by atoms with Crippen molar-refractivity contribution in [1.29, 1.82) is 5.26 Å². The van der Waals surface area contributed by atoms with E-state index in [4.69, 9.17) is 10.9 Å². The first kappa shape index (κ1) is 19.3. The summed E-state index contributed by atoms with van der Waals surface area (Å²) in [5.41, 5.74) is 7.25. The second-order valence-electron chi connectivity index (χ2n) is 8.06. The minimum Gasteiger partial charge on any atom is -0.372 e. The molecule has 3 atom stereocenters. The molecule has 0 spiro atoms. The minimum atomic E-state index is 0.332. The standard InChI is InChI=1S/C19H35BN2/c1-5-17(14-16(2)15-21)18(3)10-7-6-8-12-19(4,20-22)13-9-11-18/h14,17,20H,5-13,22H2,1-4H3/b16-14+. The Kier molecular flexibility index (Phi) is 7.70. The second kappa shape index (κ2) is 8.77. The van der Waals surface area contributed by atoms with Crippen molar-refractivity contribution in [3.05, 3.63) is 11.6 Å². The zero-order valence-corrected chi connectivity index (χ0v) is 15.3. The van der Waals surface area contributed by atoms with Crippen molar-refractivity contribution >= 4 is 7.41 Å². The Labute approximate surface area is 138 Å². The van der Waals surface area contributed by atoms with E-state index in [0.29, 0.717) is 16.6 Å². The number of nitrogens with two attached hydrogens (primary N) is 1. The highest BCUT2D eigenvalue weighted by atomic mass is 14.4. The van der Waals surface area contributed by atoms with E-state index in [1.165, 1.54) is 51.4 Å². The Morgan fingerprint density at radius 1 is 1.18 bits per heavy atom. The highest BCUT2D eigenvalue weighted by molar-refractivity contribution is 6.35. The van der Waals surface area contributed by atoms with Crippen LogP contribution < -0.4 is 5.64 Å². The summed E-state index contributed by atoms with van der Waals surface area (Å²) in [4.78, 5) is 0. The zero-order chi connectivity index (χ0) is 16.6. The van der Waals surface area contributed by atoms with Crippen LogP contribution >= 0.6 is 0 Å². The Balaban J connectivity index is 2.87. The van der Waals surface area contributed by atoms with E-state index in [-0.39, 0.29) is 0 Å². The van der Waals surface area contributed by atoms with Gasteiger partial charge in [0.05, 0.1) is 6.07 Å². The third-order valence-electron chi connectivity index (χ3n) is 6.01. The molecular formula is C19H35BN2. The van der Waals surface area contributed by atoms with Crippen LogP contribution in [0.3, 0.4) is 0 Å². The number of nitriles is 1. The third-order valence-corrected chi connectivity index (χ3v) is 6.01. The number of hydrogen-bond acceptors (Lipinski definition) is 2. The van der Waals surface area contributed by atoms with E-state index in [2.05, 4.69) is 32.9 Å². The summed E-state index contributed by atoms with van der Waals surface area (Å²) in [5, 5.41) is 9.44. The maximum atomic E-state index is 9.11. The molecule has 1 saturated carbocycles. The molecule has 0 heterocycles. The fraction of sp³-hybridized carbons (Fsp3) is 0.842. The zero-order valence-electron chi connectivity index (χ0n) is 15.3. The third kappa shape index (κ3) is 5.47. The monoisotopic (exact) mass is 302 g/mol. The van der Waals surface area contributed by atoms with Crippen LogP contribution in [0.15, 0.2) is 11.6 Å². The Hall–Kier alpha value is -0.745. The molecule has 2 N–H and O–H groups in total. The van der Waals surface area contributed by atoms with Gasteiger partial charge in [-0.1, -0.05) is 65.4 Å². The van der Waals surface area contributed by atoms with Crippen LogP contribution in [0.4, 0.5) is 0 Å². The molecule has 124 valence electrons. The predicted molar refractivity (Wildman–Crippen MR) is 97.9 cm³/mol. The predicted octanol–water partition coefficient (Wildman–Crippen LogP) is 5.11. The van der Waals surface area contributed by atoms with Gasteiger partial charge in [0.1, 0.15) is 0 Å². The highest BCUT2D eigenvalue weighted by Gasteiger charge is 2.33. The van der Waals surface area contributed by atoms with Crippen LogP contribution in [0.1, 0.15) is 85.5 Å². The van der Waals surface area contributed by atoms with Crippen molar-refractivity contribution in [2.24, 2.45) is 17.0 Å². The number of hydrogen-bond donors (Lipinski definition) is 1. The molecule has 3 heteroatoms. The fourth-order valence-corrected chi connectivity index (χ4v) is 4.15. The molecule has 1 aliphatic rings. The maximum absolute atomic E-state index is 9.11. The molecule has 1 rings (SSSR count). The van der Waals surface area contributed by atoms with E-state index in [9.17, 15) is 0 Å². The van der Waals surface area contributed by atoms with Gasteiger partial charge in [0.25, 0.3) is 0 Å². The fourth-order valence-electron chi connectivity index (χ4n) is 4.15. The van der Waals surface area contributed by atoms with Gasteiger partial charge in [-0.05, 0) is 42.8 Å². The van der Waals surface area contributed by atoms with Gasteiger partial charge in [-0.3, -0.25) is 0 Å². The molecule has 0 aromatic carbocycles. The smallest absolute Gasteiger partial charge is 0.204 e. The number of rotatable bonds is 4. The molecule has 22 heavy (non-hydrogen) atoms. The lowest BCUT2D eigenvalue weighted by atomic mass is 9.56. The van der Waals surface area contributed by atoms with Crippen LogP contribution in [0.5, 0.6) is 0 Å². The van der Waals surface area contributed by atoms with Crippen molar-refractivity contribution < 1.29 is 0 Å². The van der Waals surface area contributed by atoms with E-state index in [0.717, 1.165) is 19.4 Å². The van der Waals surface area contributed by atoms with Gasteiger partial charge >= 0.3 is 0 Å². The summed E-state index contributed by atoms with van der Waals surface area (Å²) in [6.45, 7) is 9.02. The van der Waals surface area contributed by atoms with Crippen LogP contribution in [-0.2, 0) is 0 Å². The Bertz CT molecular complexity index is 412. The van der Waals surface area contributed by atoms with Gasteiger partial charge in [-0.25, -0.2) is 0 Å². The molecule has 0 aliphatic heterocycles. The summed E-state index contributed by atoms with van der Waals surface area (Å²) >= 11 is 0. The van der Waals surface area contributed by atoms with Crippen molar-refractivity contribution in [3.8, 4) is 6.07 Å². The molecule has 0 aromatic rings. The van der Waals surface area contributed by atoms with Gasteiger partial charge < -0.3 is 5.64 Å². The molecule has 0 aromatic heterocycles. The van der Waals surface area contributed by atoms with E-state index in [1.54, 1.807) is 0 Å². The quantitative estimate of drug-likeness (QED) is 0.579. The highest BCUT2D eigenvalue weighted by Crippen LogP contribution is 2.45. The maximum Gasteiger partial charge on any atom is 0.204 e. The Morgan fingerprint density at radius 2 is 1.77 bits per heavy atom. The van der Waals surface area contributed by atoms with E-state index >= 15 is 0 Å². The van der Waals surface area contributed by atoms with E-state index < -0.39 is 0 Å². The van der Waals surface area contributed by atoms with Gasteiger partial charge in [0.15, 0.2) is 0 Å². The van der Waals surface area contributed by atoms with Crippen molar-refractivity contribution in [1.82, 2.24) is 0 Å². The van der Waals surface area contributed by atoms with Gasteiger partial charge in [-0.15, -0.1) is 0 Å². The number of allylic oxidation sites excluding steroid dienone is 2. The first-order chi connectivity index (χ1) is 10.4. The number of nitrogens with zero attached hydrogens (tertiary/aromatic N) is 1. The molecule has 1 aliphatic carbocycles. The van der Waals surface area contributed by atoms with Crippen molar-refractivity contribution in [2.75, 3.05) is 0 Å². The lowest BCUT2D eigenvalue weighted by Crippen LogP contribution is -2.29. The molecule has 0 saturated heterocycles.